The molecule has 2 amide bonds. The SMILES string of the molecule is CCCCCCCCCCCCCCCCCCCCCCCCCCC(=O)NC(COC1OC(CO)C(OC2OC(CO)C(O)C(OC3(C(=O)O)CC(O)C(NC(C)=O)C(C(O)C(O)CO)O3)C2O)C(O)C1O)C(O)CCCCCCCCCCCCCCCCCCCCCCC. The van der Waals surface area contributed by atoms with Crippen LogP contribution in [0.4, 0.5) is 0 Å². The summed E-state index contributed by atoms with van der Waals surface area (Å²) in [6.07, 6.45) is 28.1. The first-order valence-corrected chi connectivity index (χ1v) is 39.9. The number of rotatable bonds is 63. The molecule has 23 nitrogen and oxygen atoms in total. The molecular weight excluding hydrogens is 1280 g/mol. The number of carbonyl (C=O) groups excluding carboxylic acids is 2. The van der Waals surface area contributed by atoms with E-state index in [-0.39, 0.29) is 18.9 Å². The average molecular weight is 1420 g/mol. The Morgan fingerprint density at radius 2 is 0.879 bits per heavy atom. The van der Waals surface area contributed by atoms with Crippen LogP contribution in [0.5, 0.6) is 0 Å². The Bertz CT molecular complexity index is 1980. The zero-order chi connectivity index (χ0) is 72.5. The molecule has 0 spiro atoms. The quantitative estimate of drug-likeness (QED) is 0.0252. The number of ether oxygens (including phenoxy) is 6. The van der Waals surface area contributed by atoms with Crippen molar-refractivity contribution in [3.05, 3.63) is 0 Å². The molecule has 3 heterocycles. The smallest absolute Gasteiger partial charge is 0.364 e. The molecule has 23 heteroatoms. The van der Waals surface area contributed by atoms with Crippen molar-refractivity contribution >= 4 is 17.8 Å². The van der Waals surface area contributed by atoms with Gasteiger partial charge in [-0.2, -0.15) is 0 Å². The van der Waals surface area contributed by atoms with Crippen molar-refractivity contribution in [2.24, 2.45) is 0 Å². The largest absolute Gasteiger partial charge is 0.477 e. The van der Waals surface area contributed by atoms with Crippen molar-refractivity contribution in [3.8, 4) is 0 Å². The third kappa shape index (κ3) is 37.0. The molecule has 3 aliphatic heterocycles. The lowest BCUT2D eigenvalue weighted by Crippen LogP contribution is -2.70. The first kappa shape index (κ1) is 90.9. The van der Waals surface area contributed by atoms with E-state index in [0.29, 0.717) is 19.3 Å². The molecule has 3 rings (SSSR count). The predicted molar refractivity (Wildman–Crippen MR) is 380 cm³/mol. The van der Waals surface area contributed by atoms with Gasteiger partial charge in [0, 0.05) is 19.8 Å². The summed E-state index contributed by atoms with van der Waals surface area (Å²) in [5.74, 6) is -6.09. The molecule has 0 aliphatic carbocycles. The van der Waals surface area contributed by atoms with Gasteiger partial charge in [-0.1, -0.05) is 296 Å². The maximum atomic E-state index is 13.6. The fourth-order valence-electron chi connectivity index (χ4n) is 14.2. The van der Waals surface area contributed by atoms with E-state index in [2.05, 4.69) is 24.5 Å². The molecule has 0 aromatic carbocycles. The zero-order valence-corrected chi connectivity index (χ0v) is 61.6. The van der Waals surface area contributed by atoms with Crippen LogP contribution in [0.1, 0.15) is 329 Å². The molecule has 14 N–H and O–H groups in total. The van der Waals surface area contributed by atoms with Gasteiger partial charge in [0.1, 0.15) is 67.1 Å². The molecule has 99 heavy (non-hydrogen) atoms. The number of hydrogen-bond donors (Lipinski definition) is 14. The van der Waals surface area contributed by atoms with Gasteiger partial charge in [-0.15, -0.1) is 0 Å². The third-order valence-corrected chi connectivity index (χ3v) is 20.6. The van der Waals surface area contributed by atoms with Crippen molar-refractivity contribution in [2.45, 2.75) is 439 Å². The molecule has 0 aromatic rings. The molecule has 0 aromatic heterocycles. The number of aliphatic carboxylic acids is 1. The molecule has 584 valence electrons. The van der Waals surface area contributed by atoms with Crippen LogP contribution in [-0.2, 0) is 42.8 Å². The highest BCUT2D eigenvalue weighted by atomic mass is 16.8. The van der Waals surface area contributed by atoms with E-state index in [9.17, 15) is 75.7 Å². The lowest BCUT2D eigenvalue weighted by Gasteiger charge is -2.50. The van der Waals surface area contributed by atoms with Crippen molar-refractivity contribution < 1.29 is 104 Å². The summed E-state index contributed by atoms with van der Waals surface area (Å²) in [5, 5.41) is 137. The number of aliphatic hydroxyl groups excluding tert-OH is 11. The molecule has 3 saturated heterocycles. The highest BCUT2D eigenvalue weighted by molar-refractivity contribution is 5.77. The Morgan fingerprint density at radius 3 is 1.26 bits per heavy atom. The van der Waals surface area contributed by atoms with Gasteiger partial charge in [-0.05, 0) is 12.8 Å². The number of unbranched alkanes of at least 4 members (excludes halogenated alkanes) is 43. The first-order valence-electron chi connectivity index (χ1n) is 39.9. The van der Waals surface area contributed by atoms with Crippen LogP contribution in [0.3, 0.4) is 0 Å². The molecule has 3 aliphatic rings. The third-order valence-electron chi connectivity index (χ3n) is 20.6. The zero-order valence-electron chi connectivity index (χ0n) is 61.6. The molecule has 0 saturated carbocycles. The van der Waals surface area contributed by atoms with Crippen LogP contribution >= 0.6 is 0 Å². The van der Waals surface area contributed by atoms with Crippen LogP contribution in [0.25, 0.3) is 0 Å². The van der Waals surface area contributed by atoms with Gasteiger partial charge >= 0.3 is 5.97 Å². The molecule has 18 unspecified atom stereocenters. The minimum absolute atomic E-state index is 0.230. The predicted octanol–water partition coefficient (Wildman–Crippen LogP) is 10.0. The van der Waals surface area contributed by atoms with Crippen molar-refractivity contribution in [3.63, 3.8) is 0 Å². The van der Waals surface area contributed by atoms with E-state index in [4.69, 9.17) is 28.4 Å². The van der Waals surface area contributed by atoms with Gasteiger partial charge in [0.05, 0.1) is 50.7 Å². The second-order valence-electron chi connectivity index (χ2n) is 29.3. The minimum Gasteiger partial charge on any atom is -0.477 e. The van der Waals surface area contributed by atoms with Gasteiger partial charge in [0.25, 0.3) is 5.79 Å². The summed E-state index contributed by atoms with van der Waals surface area (Å²) < 4.78 is 35.0. The Hall–Kier alpha value is -2.27. The number of nitrogens with one attached hydrogen (secondary N) is 2. The van der Waals surface area contributed by atoms with Gasteiger partial charge in [-0.25, -0.2) is 4.79 Å². The van der Waals surface area contributed by atoms with Crippen LogP contribution < -0.4 is 10.6 Å². The monoisotopic (exact) mass is 1420 g/mol. The summed E-state index contributed by atoms with van der Waals surface area (Å²) in [5.41, 5.74) is 0. The lowest BCUT2D eigenvalue weighted by molar-refractivity contribution is -0.386. The summed E-state index contributed by atoms with van der Waals surface area (Å²) in [6.45, 7) is 2.27. The fraction of sp³-hybridized carbons (Fsp3) is 0.961. The second-order valence-corrected chi connectivity index (χ2v) is 29.3. The number of carboxylic acid groups (broad SMARTS) is 1. The Labute approximate surface area is 595 Å². The van der Waals surface area contributed by atoms with Crippen LogP contribution in [0, 0.1) is 0 Å². The van der Waals surface area contributed by atoms with E-state index in [0.717, 1.165) is 51.9 Å². The van der Waals surface area contributed by atoms with Crippen molar-refractivity contribution in [2.75, 3.05) is 26.4 Å². The van der Waals surface area contributed by atoms with E-state index < -0.39 is 148 Å². The summed E-state index contributed by atoms with van der Waals surface area (Å²) in [7, 11) is 0. The number of hydrogen-bond acceptors (Lipinski definition) is 20. The maximum absolute atomic E-state index is 13.6. The number of carboxylic acids is 1. The molecule has 3 fully saturated rings. The van der Waals surface area contributed by atoms with Crippen LogP contribution in [0.2, 0.25) is 0 Å². The van der Waals surface area contributed by atoms with Crippen molar-refractivity contribution in [1.82, 2.24) is 10.6 Å². The van der Waals surface area contributed by atoms with Crippen molar-refractivity contribution in [1.29, 1.82) is 0 Å². The number of aliphatic hydroxyl groups is 11. The molecule has 18 atom stereocenters. The van der Waals surface area contributed by atoms with Gasteiger partial charge in [0.15, 0.2) is 12.6 Å². The normalized spacial score (nSPS) is 27.0. The standard InChI is InChI=1S/C76H144N2O21/c1-4-6-8-10-12-14-16-18-20-22-24-26-27-28-30-32-34-36-38-40-42-44-46-48-50-63(86)78-57(58(83)49-47-45-43-41-39-37-35-33-31-29-25-23-21-19-17-15-13-11-9-7-5-2)55-94-73-68(90)67(89)70(62(54-81)96-73)97-74-69(91)72(66(88)61(53-80)95-74)99-76(75(92)93)51-59(84)64(77-56(3)82)71(98-76)65(87)60(85)52-79/h57-62,64-74,79-81,83-85,87-91H,4-55H2,1-3H3,(H,77,82)(H,78,86)(H,92,93). The first-order chi connectivity index (χ1) is 47.9. The van der Waals surface area contributed by atoms with Crippen LogP contribution in [-0.4, -0.2) is 215 Å². The number of carbonyl (C=O) groups is 3. The van der Waals surface area contributed by atoms with Gasteiger partial charge in [0.2, 0.25) is 11.8 Å². The van der Waals surface area contributed by atoms with E-state index in [1.54, 1.807) is 0 Å². The van der Waals surface area contributed by atoms with Gasteiger partial charge < -0.3 is 100 Å². The highest BCUT2D eigenvalue weighted by Crippen LogP contribution is 2.39. The Balaban J connectivity index is 1.52. The maximum Gasteiger partial charge on any atom is 0.364 e. The lowest BCUT2D eigenvalue weighted by atomic mass is 9.88. The average Bonchev–Trinajstić information content (AvgIpc) is 0.740. The Kier molecular flexibility index (Phi) is 51.5. The molecule has 0 bridgehead atoms. The second kappa shape index (κ2) is 56.1. The topological polar surface area (TPSA) is 373 Å². The molecular formula is C76H144N2O21. The molecule has 0 radical (unpaired) electrons. The summed E-state index contributed by atoms with van der Waals surface area (Å²) >= 11 is 0. The highest BCUT2D eigenvalue weighted by Gasteiger charge is 2.60. The van der Waals surface area contributed by atoms with E-state index in [1.165, 1.54) is 231 Å². The summed E-state index contributed by atoms with van der Waals surface area (Å²) in [4.78, 5) is 38.7. The van der Waals surface area contributed by atoms with Gasteiger partial charge in [-0.3, -0.25) is 9.59 Å². The summed E-state index contributed by atoms with van der Waals surface area (Å²) in [6, 6.07) is -2.53. The van der Waals surface area contributed by atoms with Crippen LogP contribution in [0.15, 0.2) is 0 Å². The van der Waals surface area contributed by atoms with E-state index in [1.807, 2.05) is 0 Å². The van der Waals surface area contributed by atoms with E-state index >= 15 is 0 Å². The number of amides is 2. The fourth-order valence-corrected chi connectivity index (χ4v) is 14.2. The minimum atomic E-state index is -3.08. The Morgan fingerprint density at radius 1 is 0.485 bits per heavy atom.